The van der Waals surface area contributed by atoms with E-state index in [9.17, 15) is 9.59 Å². The minimum absolute atomic E-state index is 0.0239. The van der Waals surface area contributed by atoms with Gasteiger partial charge in [-0.2, -0.15) is 0 Å². The van der Waals surface area contributed by atoms with Crippen LogP contribution in [0, 0.1) is 13.8 Å². The molecule has 0 fully saturated rings. The van der Waals surface area contributed by atoms with Crippen LogP contribution in [0.15, 0.2) is 47.4 Å². The molecule has 2 rings (SSSR count). The predicted octanol–water partition coefficient (Wildman–Crippen LogP) is 4.77. The summed E-state index contributed by atoms with van der Waals surface area (Å²) >= 11 is 1.47. The Morgan fingerprint density at radius 1 is 0.960 bits per heavy atom. The lowest BCUT2D eigenvalue weighted by molar-refractivity contribution is -0.116. The highest BCUT2D eigenvalue weighted by atomic mass is 32.2. The highest BCUT2D eigenvalue weighted by molar-refractivity contribution is 8.00. The summed E-state index contributed by atoms with van der Waals surface area (Å²) in [7, 11) is 0. The summed E-state index contributed by atoms with van der Waals surface area (Å²) in [6.45, 7) is 6.01. The molecule has 5 heteroatoms. The normalized spacial score (nSPS) is 10.4. The monoisotopic (exact) mass is 356 g/mol. The van der Waals surface area contributed by atoms with Crippen molar-refractivity contribution in [2.24, 2.45) is 0 Å². The number of anilines is 2. The van der Waals surface area contributed by atoms with Gasteiger partial charge in [-0.05, 0) is 61.7 Å². The largest absolute Gasteiger partial charge is 0.326 e. The standard InChI is InChI=1S/C20H24N2O2S/c1-4-6-19(23)21-16-9-11-17(12-10-16)25-13-20(24)22-18-8-5-7-14(2)15(18)3/h5,7-12H,4,6,13H2,1-3H3,(H,21,23)(H,22,24). The SMILES string of the molecule is CCCC(=O)Nc1ccc(SCC(=O)Nc2cccc(C)c2C)cc1. The van der Waals surface area contributed by atoms with Crippen LogP contribution >= 0.6 is 11.8 Å². The molecule has 4 nitrogen and oxygen atoms in total. The molecular formula is C20H24N2O2S. The smallest absolute Gasteiger partial charge is 0.234 e. The Bertz CT molecular complexity index is 742. The number of rotatable bonds is 7. The lowest BCUT2D eigenvalue weighted by Crippen LogP contribution is -2.15. The Morgan fingerprint density at radius 2 is 1.68 bits per heavy atom. The minimum Gasteiger partial charge on any atom is -0.326 e. The quantitative estimate of drug-likeness (QED) is 0.702. The van der Waals surface area contributed by atoms with Crippen molar-refractivity contribution in [1.29, 1.82) is 0 Å². The van der Waals surface area contributed by atoms with Gasteiger partial charge in [-0.3, -0.25) is 9.59 Å². The van der Waals surface area contributed by atoms with Crippen LogP contribution in [0.1, 0.15) is 30.9 Å². The van der Waals surface area contributed by atoms with Gasteiger partial charge < -0.3 is 10.6 Å². The van der Waals surface area contributed by atoms with E-state index in [-0.39, 0.29) is 11.8 Å². The second kappa shape index (κ2) is 9.28. The zero-order valence-corrected chi connectivity index (χ0v) is 15.7. The van der Waals surface area contributed by atoms with Crippen LogP contribution in [0.5, 0.6) is 0 Å². The highest BCUT2D eigenvalue weighted by Gasteiger charge is 2.07. The van der Waals surface area contributed by atoms with E-state index in [1.165, 1.54) is 11.8 Å². The molecule has 0 saturated carbocycles. The van der Waals surface area contributed by atoms with Crippen molar-refractivity contribution in [3.8, 4) is 0 Å². The first kappa shape index (κ1) is 19.1. The molecule has 0 aromatic heterocycles. The predicted molar refractivity (Wildman–Crippen MR) is 105 cm³/mol. The second-order valence-corrected chi connectivity index (χ2v) is 6.96. The first-order valence-corrected chi connectivity index (χ1v) is 9.37. The van der Waals surface area contributed by atoms with Crippen molar-refractivity contribution in [2.75, 3.05) is 16.4 Å². The van der Waals surface area contributed by atoms with Gasteiger partial charge in [-0.25, -0.2) is 0 Å². The average Bonchev–Trinajstić information content (AvgIpc) is 2.58. The van der Waals surface area contributed by atoms with E-state index in [4.69, 9.17) is 0 Å². The maximum absolute atomic E-state index is 12.1. The Hall–Kier alpha value is -2.27. The van der Waals surface area contributed by atoms with E-state index in [2.05, 4.69) is 10.6 Å². The number of nitrogens with one attached hydrogen (secondary N) is 2. The molecule has 132 valence electrons. The zero-order chi connectivity index (χ0) is 18.2. The topological polar surface area (TPSA) is 58.2 Å². The molecule has 0 aliphatic carbocycles. The van der Waals surface area contributed by atoms with Gasteiger partial charge in [-0.1, -0.05) is 19.1 Å². The van der Waals surface area contributed by atoms with Gasteiger partial charge in [0.2, 0.25) is 11.8 Å². The van der Waals surface area contributed by atoms with Gasteiger partial charge in [0.15, 0.2) is 0 Å². The lowest BCUT2D eigenvalue weighted by atomic mass is 10.1. The molecule has 0 aliphatic heterocycles. The number of carbonyl (C=O) groups is 2. The first-order valence-electron chi connectivity index (χ1n) is 8.38. The van der Waals surface area contributed by atoms with Gasteiger partial charge in [0.25, 0.3) is 0 Å². The Labute approximate surface area is 153 Å². The number of amides is 2. The summed E-state index contributed by atoms with van der Waals surface area (Å²) in [4.78, 5) is 24.7. The van der Waals surface area contributed by atoms with Crippen molar-refractivity contribution >= 4 is 35.0 Å². The third-order valence-corrected chi connectivity index (χ3v) is 4.88. The van der Waals surface area contributed by atoms with Crippen LogP contribution in [0.4, 0.5) is 11.4 Å². The van der Waals surface area contributed by atoms with E-state index >= 15 is 0 Å². The van der Waals surface area contributed by atoms with Gasteiger partial charge in [0.05, 0.1) is 5.75 Å². The van der Waals surface area contributed by atoms with Gasteiger partial charge >= 0.3 is 0 Å². The number of aryl methyl sites for hydroxylation is 1. The van der Waals surface area contributed by atoms with Crippen molar-refractivity contribution < 1.29 is 9.59 Å². The summed E-state index contributed by atoms with van der Waals surface area (Å²) in [5.41, 5.74) is 3.89. The minimum atomic E-state index is -0.0287. The number of benzene rings is 2. The van der Waals surface area contributed by atoms with E-state index in [1.54, 1.807) is 0 Å². The van der Waals surface area contributed by atoms with Crippen LogP contribution in [0.2, 0.25) is 0 Å². The second-order valence-electron chi connectivity index (χ2n) is 5.91. The van der Waals surface area contributed by atoms with Crippen LogP contribution < -0.4 is 10.6 Å². The zero-order valence-electron chi connectivity index (χ0n) is 14.9. The fourth-order valence-electron chi connectivity index (χ4n) is 2.31. The molecule has 2 amide bonds. The van der Waals surface area contributed by atoms with Gasteiger partial charge in [-0.15, -0.1) is 11.8 Å². The molecule has 0 heterocycles. The van der Waals surface area contributed by atoms with E-state index in [0.29, 0.717) is 12.2 Å². The fourth-order valence-corrected chi connectivity index (χ4v) is 3.01. The molecule has 2 N–H and O–H groups in total. The molecule has 2 aromatic rings. The molecular weight excluding hydrogens is 332 g/mol. The third-order valence-electron chi connectivity index (χ3n) is 3.86. The Balaban J connectivity index is 1.85. The van der Waals surface area contributed by atoms with Crippen LogP contribution in [-0.2, 0) is 9.59 Å². The van der Waals surface area contributed by atoms with Gasteiger partial charge in [0, 0.05) is 22.7 Å². The molecule has 0 unspecified atom stereocenters. The third kappa shape index (κ3) is 5.94. The van der Waals surface area contributed by atoms with E-state index < -0.39 is 0 Å². The van der Waals surface area contributed by atoms with Crippen LogP contribution in [0.25, 0.3) is 0 Å². The molecule has 0 aliphatic rings. The number of carbonyl (C=O) groups excluding carboxylic acids is 2. The summed E-state index contributed by atoms with van der Waals surface area (Å²) in [6, 6.07) is 13.4. The lowest BCUT2D eigenvalue weighted by Gasteiger charge is -2.10. The number of thioether (sulfide) groups is 1. The molecule has 0 saturated heterocycles. The molecule has 0 spiro atoms. The number of hydrogen-bond acceptors (Lipinski definition) is 3. The fraction of sp³-hybridized carbons (Fsp3) is 0.300. The average molecular weight is 356 g/mol. The summed E-state index contributed by atoms with van der Waals surface area (Å²) in [5.74, 6) is 0.337. The van der Waals surface area contributed by atoms with Crippen LogP contribution in [-0.4, -0.2) is 17.6 Å². The van der Waals surface area contributed by atoms with E-state index in [0.717, 1.165) is 33.8 Å². The molecule has 0 atom stereocenters. The maximum Gasteiger partial charge on any atom is 0.234 e. The van der Waals surface area contributed by atoms with Crippen molar-refractivity contribution in [3.63, 3.8) is 0 Å². The maximum atomic E-state index is 12.1. The highest BCUT2D eigenvalue weighted by Crippen LogP contribution is 2.22. The molecule has 2 aromatic carbocycles. The summed E-state index contributed by atoms with van der Waals surface area (Å²) in [5, 5.41) is 5.81. The molecule has 0 radical (unpaired) electrons. The Morgan fingerprint density at radius 3 is 2.36 bits per heavy atom. The van der Waals surface area contributed by atoms with Crippen molar-refractivity contribution in [3.05, 3.63) is 53.6 Å². The van der Waals surface area contributed by atoms with Crippen LogP contribution in [0.3, 0.4) is 0 Å². The Kier molecular flexibility index (Phi) is 7.07. The number of hydrogen-bond donors (Lipinski definition) is 2. The van der Waals surface area contributed by atoms with Crippen molar-refractivity contribution in [2.45, 2.75) is 38.5 Å². The van der Waals surface area contributed by atoms with Crippen molar-refractivity contribution in [1.82, 2.24) is 0 Å². The summed E-state index contributed by atoms with van der Waals surface area (Å²) in [6.07, 6.45) is 1.35. The first-order chi connectivity index (χ1) is 12.0. The summed E-state index contributed by atoms with van der Waals surface area (Å²) < 4.78 is 0. The van der Waals surface area contributed by atoms with E-state index in [1.807, 2.05) is 63.2 Å². The molecule has 25 heavy (non-hydrogen) atoms. The van der Waals surface area contributed by atoms with Gasteiger partial charge in [0.1, 0.15) is 0 Å². The molecule has 0 bridgehead atoms.